The van der Waals surface area contributed by atoms with Crippen molar-refractivity contribution in [2.45, 2.75) is 129 Å². The van der Waals surface area contributed by atoms with Gasteiger partial charge in [0.25, 0.3) is 0 Å². The second-order valence-electron chi connectivity index (χ2n) is 16.4. The second kappa shape index (κ2) is 29.3. The Hall–Kier alpha value is -6.22. The highest BCUT2D eigenvalue weighted by Gasteiger charge is 2.13. The Balaban J connectivity index is 0.985. The monoisotopic (exact) mass is 881 g/mol. The summed E-state index contributed by atoms with van der Waals surface area (Å²) >= 11 is 0. The average Bonchev–Trinajstić information content (AvgIpc) is 3.33. The van der Waals surface area contributed by atoms with Gasteiger partial charge in [-0.15, -0.1) is 0 Å². The van der Waals surface area contributed by atoms with Gasteiger partial charge in [-0.2, -0.15) is 0 Å². The Morgan fingerprint density at radius 1 is 0.400 bits per heavy atom. The fraction of sp³-hybridized carbons (Fsp3) is 0.393. The van der Waals surface area contributed by atoms with Crippen LogP contribution in [0.25, 0.3) is 0 Å². The van der Waals surface area contributed by atoms with Crippen LogP contribution >= 0.6 is 0 Å². The van der Waals surface area contributed by atoms with Crippen LogP contribution in [0.15, 0.2) is 126 Å². The van der Waals surface area contributed by atoms with Gasteiger partial charge in [-0.3, -0.25) is 4.99 Å². The molecule has 0 saturated heterocycles. The molecule has 0 unspecified atom stereocenters. The van der Waals surface area contributed by atoms with Crippen molar-refractivity contribution in [1.82, 2.24) is 0 Å². The van der Waals surface area contributed by atoms with Gasteiger partial charge in [0.2, 0.25) is 0 Å². The smallest absolute Gasteiger partial charge is 0.343 e. The number of carbonyl (C=O) groups is 3. The van der Waals surface area contributed by atoms with Gasteiger partial charge in [0.1, 0.15) is 28.7 Å². The minimum atomic E-state index is -0.549. The van der Waals surface area contributed by atoms with E-state index in [0.29, 0.717) is 58.4 Å². The Labute approximate surface area is 386 Å². The van der Waals surface area contributed by atoms with E-state index < -0.39 is 17.9 Å². The maximum absolute atomic E-state index is 13.0. The summed E-state index contributed by atoms with van der Waals surface area (Å²) in [5.74, 6) is 0.961. The number of nitrogens with zero attached hydrogens (tertiary/aromatic N) is 1. The molecule has 5 aromatic carbocycles. The predicted octanol–water partition coefficient (Wildman–Crippen LogP) is 14.9. The largest absolute Gasteiger partial charge is 0.494 e. The maximum Gasteiger partial charge on any atom is 0.343 e. The standard InChI is InChI=1S/C56H67NO8/c1-3-5-7-9-11-13-14-16-18-20-41-62-49-30-24-45(25-31-49)54(58)63-51-34-28-48(29-35-51)57-43-44-22-21-23-47(42-44)56(60)65-53-38-36-52(37-39-53)64-55(59)46-26-32-50(33-27-46)61-40-19-17-15-12-10-8-6-4-2/h21-39,42-43H,3-20,40-41H2,1-2H3. The molecule has 0 N–H and O–H groups in total. The molecule has 9 heteroatoms. The molecule has 0 aliphatic rings. The van der Waals surface area contributed by atoms with E-state index in [1.165, 1.54) is 96.3 Å². The molecule has 344 valence electrons. The summed E-state index contributed by atoms with van der Waals surface area (Å²) in [6.07, 6.45) is 24.3. The van der Waals surface area contributed by atoms with Crippen LogP contribution in [0.3, 0.4) is 0 Å². The quantitative estimate of drug-likeness (QED) is 0.0194. The summed E-state index contributed by atoms with van der Waals surface area (Å²) in [4.78, 5) is 43.1. The minimum Gasteiger partial charge on any atom is -0.494 e. The molecule has 0 heterocycles. The zero-order valence-electron chi connectivity index (χ0n) is 38.5. The van der Waals surface area contributed by atoms with Gasteiger partial charge in [0.05, 0.1) is 35.6 Å². The van der Waals surface area contributed by atoms with E-state index in [1.807, 2.05) is 6.07 Å². The van der Waals surface area contributed by atoms with E-state index in [1.54, 1.807) is 121 Å². The highest BCUT2D eigenvalue weighted by atomic mass is 16.5. The molecule has 5 rings (SSSR count). The number of ether oxygens (including phenoxy) is 5. The van der Waals surface area contributed by atoms with Crippen molar-refractivity contribution in [3.8, 4) is 28.7 Å². The fourth-order valence-corrected chi connectivity index (χ4v) is 7.15. The third kappa shape index (κ3) is 19.2. The van der Waals surface area contributed by atoms with Gasteiger partial charge >= 0.3 is 17.9 Å². The number of esters is 3. The number of unbranched alkanes of at least 4 members (excludes halogenated alkanes) is 16. The van der Waals surface area contributed by atoms with Crippen molar-refractivity contribution in [2.75, 3.05) is 13.2 Å². The number of benzene rings is 5. The molecule has 0 atom stereocenters. The van der Waals surface area contributed by atoms with Crippen LogP contribution in [-0.2, 0) is 0 Å². The van der Waals surface area contributed by atoms with Crippen LogP contribution in [-0.4, -0.2) is 37.3 Å². The number of hydrogen-bond donors (Lipinski definition) is 0. The molecule has 5 aromatic rings. The van der Waals surface area contributed by atoms with Gasteiger partial charge < -0.3 is 23.7 Å². The predicted molar refractivity (Wildman–Crippen MR) is 260 cm³/mol. The first-order valence-electron chi connectivity index (χ1n) is 23.9. The molecule has 0 radical (unpaired) electrons. The molecule has 0 amide bonds. The van der Waals surface area contributed by atoms with E-state index >= 15 is 0 Å². The lowest BCUT2D eigenvalue weighted by Crippen LogP contribution is -2.10. The third-order valence-electron chi connectivity index (χ3n) is 11.0. The van der Waals surface area contributed by atoms with E-state index in [4.69, 9.17) is 23.7 Å². The van der Waals surface area contributed by atoms with E-state index in [-0.39, 0.29) is 0 Å². The van der Waals surface area contributed by atoms with Crippen molar-refractivity contribution < 1.29 is 38.1 Å². The summed E-state index contributed by atoms with van der Waals surface area (Å²) in [6, 6.07) is 34.0. The van der Waals surface area contributed by atoms with Crippen molar-refractivity contribution >= 4 is 29.8 Å². The molecule has 9 nitrogen and oxygen atoms in total. The lowest BCUT2D eigenvalue weighted by atomic mass is 10.1. The van der Waals surface area contributed by atoms with E-state index in [2.05, 4.69) is 18.8 Å². The topological polar surface area (TPSA) is 110 Å². The Kier molecular flexibility index (Phi) is 22.4. The van der Waals surface area contributed by atoms with E-state index in [9.17, 15) is 14.4 Å². The zero-order chi connectivity index (χ0) is 45.7. The molecule has 65 heavy (non-hydrogen) atoms. The van der Waals surface area contributed by atoms with Crippen LogP contribution < -0.4 is 23.7 Å². The van der Waals surface area contributed by atoms with Gasteiger partial charge in [-0.25, -0.2) is 14.4 Å². The van der Waals surface area contributed by atoms with Crippen molar-refractivity contribution in [3.05, 3.63) is 144 Å². The summed E-state index contributed by atoms with van der Waals surface area (Å²) in [5, 5.41) is 0. The van der Waals surface area contributed by atoms with Gasteiger partial charge in [0.15, 0.2) is 0 Å². The summed E-state index contributed by atoms with van der Waals surface area (Å²) in [5.41, 5.74) is 2.50. The van der Waals surface area contributed by atoms with Crippen molar-refractivity contribution in [2.24, 2.45) is 4.99 Å². The van der Waals surface area contributed by atoms with Gasteiger partial charge in [0, 0.05) is 6.21 Å². The van der Waals surface area contributed by atoms with E-state index in [0.717, 1.165) is 30.8 Å². The molecule has 0 aromatic heterocycles. The molecular weight excluding hydrogens is 815 g/mol. The van der Waals surface area contributed by atoms with Gasteiger partial charge in [-0.05, 0) is 128 Å². The number of aliphatic imine (C=N–C) groups is 1. The average molecular weight is 882 g/mol. The normalized spacial score (nSPS) is 11.0. The van der Waals surface area contributed by atoms with Crippen LogP contribution in [0, 0.1) is 0 Å². The number of carbonyl (C=O) groups excluding carboxylic acids is 3. The lowest BCUT2D eigenvalue weighted by Gasteiger charge is -2.09. The first-order chi connectivity index (χ1) is 31.9. The lowest BCUT2D eigenvalue weighted by molar-refractivity contribution is 0.0719. The third-order valence-corrected chi connectivity index (χ3v) is 11.0. The zero-order valence-corrected chi connectivity index (χ0v) is 38.5. The molecule has 0 aliphatic heterocycles. The summed E-state index contributed by atoms with van der Waals surface area (Å²) in [6.45, 7) is 5.80. The van der Waals surface area contributed by atoms with Crippen LogP contribution in [0.5, 0.6) is 28.7 Å². The summed E-state index contributed by atoms with van der Waals surface area (Å²) < 4.78 is 28.4. The molecule has 0 bridgehead atoms. The Morgan fingerprint density at radius 3 is 1.17 bits per heavy atom. The molecule has 0 saturated carbocycles. The SMILES string of the molecule is CCCCCCCCCCCCOc1ccc(C(=O)Oc2ccc(N=Cc3cccc(C(=O)Oc4ccc(OC(=O)c5ccc(OCCCCCCCCCC)cc5)cc4)c3)cc2)cc1. The first kappa shape index (κ1) is 49.8. The summed E-state index contributed by atoms with van der Waals surface area (Å²) in [7, 11) is 0. The highest BCUT2D eigenvalue weighted by molar-refractivity contribution is 5.94. The molecule has 0 spiro atoms. The first-order valence-corrected chi connectivity index (χ1v) is 23.9. The molecule has 0 aliphatic carbocycles. The van der Waals surface area contributed by atoms with Gasteiger partial charge in [-0.1, -0.05) is 129 Å². The minimum absolute atomic E-state index is 0.300. The Bertz CT molecular complexity index is 2160. The fourth-order valence-electron chi connectivity index (χ4n) is 7.15. The molecular formula is C56H67NO8. The number of rotatable bonds is 30. The Morgan fingerprint density at radius 2 is 0.754 bits per heavy atom. The van der Waals surface area contributed by atoms with Crippen LogP contribution in [0.1, 0.15) is 166 Å². The maximum atomic E-state index is 13.0. The van der Waals surface area contributed by atoms with Crippen LogP contribution in [0.4, 0.5) is 5.69 Å². The van der Waals surface area contributed by atoms with Crippen molar-refractivity contribution in [3.63, 3.8) is 0 Å². The number of hydrogen-bond acceptors (Lipinski definition) is 9. The highest BCUT2D eigenvalue weighted by Crippen LogP contribution is 2.23. The van der Waals surface area contributed by atoms with Crippen LogP contribution in [0.2, 0.25) is 0 Å². The van der Waals surface area contributed by atoms with Crippen molar-refractivity contribution in [1.29, 1.82) is 0 Å². The molecule has 0 fully saturated rings. The second-order valence-corrected chi connectivity index (χ2v) is 16.4.